The second-order valence-corrected chi connectivity index (χ2v) is 2.77. The molecule has 0 N–H and O–H groups in total. The topological polar surface area (TPSA) is 0 Å². The summed E-state index contributed by atoms with van der Waals surface area (Å²) in [6.45, 7) is 0. The Morgan fingerprint density at radius 2 is 2.80 bits per heavy atom. The summed E-state index contributed by atoms with van der Waals surface area (Å²) in [5.41, 5.74) is 3.11. The third-order valence-corrected chi connectivity index (χ3v) is 2.31. The molecule has 1 radical (unpaired) electrons. The van der Waals surface area contributed by atoms with Crippen LogP contribution in [0.1, 0.15) is 0 Å². The van der Waals surface area contributed by atoms with Gasteiger partial charge in [0.1, 0.15) is 0 Å². The summed E-state index contributed by atoms with van der Waals surface area (Å²) in [6.07, 6.45) is 0. The molecular formula is C3H3P2. The van der Waals surface area contributed by atoms with Crippen molar-refractivity contribution in [3.8, 4) is 0 Å². The maximum absolute atomic E-state index is 3.11. The highest BCUT2D eigenvalue weighted by Gasteiger charge is 1.59. The lowest BCUT2D eigenvalue weighted by atomic mass is 11.2. The molecule has 1 heterocycles. The highest BCUT2D eigenvalue weighted by atomic mass is 31.1. The van der Waals surface area contributed by atoms with Crippen molar-refractivity contribution >= 4 is 16.4 Å². The molecule has 0 fully saturated rings. The van der Waals surface area contributed by atoms with E-state index in [2.05, 4.69) is 17.1 Å². The van der Waals surface area contributed by atoms with Crippen LogP contribution in [-0.2, 0) is 0 Å². The van der Waals surface area contributed by atoms with Gasteiger partial charge in [-0.2, -0.15) is 0 Å². The van der Waals surface area contributed by atoms with Crippen molar-refractivity contribution < 1.29 is 0 Å². The molecule has 1 unspecified atom stereocenters. The Bertz CT molecular complexity index is 61.4. The molecule has 5 heavy (non-hydrogen) atoms. The summed E-state index contributed by atoms with van der Waals surface area (Å²) in [6, 6.07) is 0. The molecular weight excluding hydrogens is 98.0 g/mol. The second kappa shape index (κ2) is 1.60. The van der Waals surface area contributed by atoms with E-state index in [9.17, 15) is 0 Å². The van der Waals surface area contributed by atoms with Gasteiger partial charge < -0.3 is 0 Å². The lowest BCUT2D eigenvalue weighted by molar-refractivity contribution is 2.39. The monoisotopic (exact) mass is 101 g/mol. The maximum atomic E-state index is 3.11. The fourth-order valence-electron chi connectivity index (χ4n) is 0.186. The third kappa shape index (κ3) is 0.758. The fraction of sp³-hybridized carbons (Fsp3) is 0. The molecule has 0 spiro atoms. The van der Waals surface area contributed by atoms with Crippen LogP contribution < -0.4 is 0 Å². The van der Waals surface area contributed by atoms with E-state index in [4.69, 9.17) is 0 Å². The van der Waals surface area contributed by atoms with Crippen LogP contribution in [0.15, 0.2) is 11.6 Å². The largest absolute Gasteiger partial charge is 0.126 e. The minimum Gasteiger partial charge on any atom is -0.126 e. The van der Waals surface area contributed by atoms with Gasteiger partial charge in [0.15, 0.2) is 0 Å². The molecule has 1 aromatic heterocycles. The average molecular weight is 101 g/mol. The lowest BCUT2D eigenvalue weighted by Crippen LogP contribution is -1.01. The quantitative estimate of drug-likeness (QED) is 0.469. The average Bonchev–Trinajstić information content (AvgIpc) is 1.76. The Labute approximate surface area is 34.4 Å². The van der Waals surface area contributed by atoms with Gasteiger partial charge >= 0.3 is 0 Å². The van der Waals surface area contributed by atoms with Gasteiger partial charge in [-0.15, -0.1) is 8.19 Å². The van der Waals surface area contributed by atoms with Crippen LogP contribution in [0.3, 0.4) is 0 Å². The zero-order valence-corrected chi connectivity index (χ0v) is 4.50. The standard InChI is InChI=1S/C3H3P2/c1-2-5-3-4-1/h1-2,4H. The third-order valence-electron chi connectivity index (χ3n) is 0.362. The molecule has 1 rings (SSSR count). The highest BCUT2D eigenvalue weighted by molar-refractivity contribution is 7.44. The molecule has 0 aromatic carbocycles. The SMILES string of the molecule is [c]1pcc[pH]1. The minimum absolute atomic E-state index is 0.866. The minimum atomic E-state index is 0.866. The van der Waals surface area contributed by atoms with Gasteiger partial charge in [-0.25, -0.2) is 0 Å². The van der Waals surface area contributed by atoms with Gasteiger partial charge in [0.25, 0.3) is 0 Å². The van der Waals surface area contributed by atoms with Gasteiger partial charge in [-0.05, 0) is 11.6 Å². The molecule has 0 saturated heterocycles. The number of hydrogen-bond acceptors (Lipinski definition) is 0. The first-order chi connectivity index (χ1) is 2.50. The maximum Gasteiger partial charge on any atom is 0.0336 e. The summed E-state index contributed by atoms with van der Waals surface area (Å²) in [5, 5.41) is 0. The van der Waals surface area contributed by atoms with Crippen molar-refractivity contribution in [1.82, 2.24) is 0 Å². The van der Waals surface area contributed by atoms with Crippen molar-refractivity contribution in [3.05, 3.63) is 17.1 Å². The molecule has 0 amide bonds. The van der Waals surface area contributed by atoms with Crippen molar-refractivity contribution in [2.75, 3.05) is 0 Å². The van der Waals surface area contributed by atoms with Crippen LogP contribution in [0.2, 0.25) is 0 Å². The predicted octanol–water partition coefficient (Wildman–Crippen LogP) is 2.10. The van der Waals surface area contributed by atoms with Crippen molar-refractivity contribution in [3.63, 3.8) is 0 Å². The molecule has 0 aliphatic rings. The van der Waals surface area contributed by atoms with E-state index >= 15 is 0 Å². The van der Waals surface area contributed by atoms with Gasteiger partial charge in [-0.1, -0.05) is 8.19 Å². The molecule has 2 heteroatoms. The zero-order valence-electron chi connectivity index (χ0n) is 2.60. The fourth-order valence-corrected chi connectivity index (χ4v) is 1.68. The van der Waals surface area contributed by atoms with Crippen LogP contribution in [0.5, 0.6) is 0 Å². The van der Waals surface area contributed by atoms with Crippen molar-refractivity contribution in [2.45, 2.75) is 0 Å². The summed E-state index contributed by atoms with van der Waals surface area (Å²) >= 11 is 0. The second-order valence-electron chi connectivity index (χ2n) is 0.701. The Hall–Kier alpha value is 0.210. The van der Waals surface area contributed by atoms with Crippen LogP contribution in [-0.4, -0.2) is 0 Å². The molecule has 25 valence electrons. The lowest BCUT2D eigenvalue weighted by Gasteiger charge is -1.38. The molecule has 0 nitrogen and oxygen atoms in total. The smallest absolute Gasteiger partial charge is 0.0336 e. The summed E-state index contributed by atoms with van der Waals surface area (Å²) < 4.78 is 0. The molecule has 0 bridgehead atoms. The zero-order chi connectivity index (χ0) is 3.54. The van der Waals surface area contributed by atoms with E-state index in [1.54, 1.807) is 0 Å². The molecule has 0 aliphatic heterocycles. The van der Waals surface area contributed by atoms with E-state index in [1.807, 2.05) is 0 Å². The van der Waals surface area contributed by atoms with E-state index in [1.165, 1.54) is 8.19 Å². The summed E-state index contributed by atoms with van der Waals surface area (Å²) in [4.78, 5) is 0. The van der Waals surface area contributed by atoms with Gasteiger partial charge in [0, 0.05) is 5.53 Å². The van der Waals surface area contributed by atoms with Crippen LogP contribution in [0.4, 0.5) is 0 Å². The van der Waals surface area contributed by atoms with Crippen molar-refractivity contribution in [2.24, 2.45) is 0 Å². The Morgan fingerprint density at radius 1 is 1.80 bits per heavy atom. The molecule has 1 aromatic rings. The van der Waals surface area contributed by atoms with Crippen molar-refractivity contribution in [1.29, 1.82) is 0 Å². The van der Waals surface area contributed by atoms with E-state index in [0.29, 0.717) is 0 Å². The Balaban J connectivity index is 3.13. The number of hydrogen-bond donors (Lipinski definition) is 0. The van der Waals surface area contributed by atoms with E-state index < -0.39 is 0 Å². The molecule has 0 saturated carbocycles. The Morgan fingerprint density at radius 3 is 3.00 bits per heavy atom. The molecule has 0 aliphatic carbocycles. The highest BCUT2D eigenvalue weighted by Crippen LogP contribution is 2.11. The first kappa shape index (κ1) is 3.40. The number of rotatable bonds is 0. The Kier molecular flexibility index (Phi) is 1.09. The van der Waals surface area contributed by atoms with E-state index in [-0.39, 0.29) is 0 Å². The van der Waals surface area contributed by atoms with E-state index in [0.717, 1.165) is 8.19 Å². The van der Waals surface area contributed by atoms with Crippen LogP contribution >= 0.6 is 16.4 Å². The van der Waals surface area contributed by atoms with Gasteiger partial charge in [-0.3, -0.25) is 0 Å². The summed E-state index contributed by atoms with van der Waals surface area (Å²) in [5.74, 6) is 4.25. The predicted molar refractivity (Wildman–Crippen MR) is 27.3 cm³/mol. The normalized spacial score (nSPS) is 11.2. The first-order valence-corrected chi connectivity index (χ1v) is 3.39. The van der Waals surface area contributed by atoms with Gasteiger partial charge in [0.2, 0.25) is 0 Å². The van der Waals surface area contributed by atoms with Crippen LogP contribution in [0, 0.1) is 5.53 Å². The first-order valence-electron chi connectivity index (χ1n) is 1.35. The van der Waals surface area contributed by atoms with Crippen LogP contribution in [0.25, 0.3) is 0 Å². The molecule has 1 atom stereocenters. The van der Waals surface area contributed by atoms with Gasteiger partial charge in [0.05, 0.1) is 0 Å². The summed E-state index contributed by atoms with van der Waals surface area (Å²) in [7, 11) is 2.14.